The van der Waals surface area contributed by atoms with E-state index in [0.29, 0.717) is 24.2 Å². The first-order valence-corrected chi connectivity index (χ1v) is 41.6. The van der Waals surface area contributed by atoms with Gasteiger partial charge < -0.3 is 82.6 Å². The highest BCUT2D eigenvalue weighted by molar-refractivity contribution is 6.07. The lowest BCUT2D eigenvalue weighted by Gasteiger charge is -2.38. The molecule has 14 aliphatic rings. The summed E-state index contributed by atoms with van der Waals surface area (Å²) >= 11 is 0. The van der Waals surface area contributed by atoms with Crippen molar-refractivity contribution in [2.24, 2.45) is 0 Å². The standard InChI is InChI=1S/2C16H21N3O.4C14H19N3O/c2*1-11-3-2-4-13-15(11)16(20)17-14-7-8-18(12-5-6-12)9-10-19(13)14;4*1-9-4-3-5-11-13(9)14(18)16-12-6-7-15-10(2)8-17(11)12/h2*2-4,12,14H,5-10H2,1H3,(H,17,20);4*3-5,10,12,15H,6-8H2,1-2H3,(H,16,18)/t2*14-;2*10-,12+;2*10-,12-/m101010/s1. The van der Waals surface area contributed by atoms with Gasteiger partial charge in [0, 0.05) is 102 Å². The van der Waals surface area contributed by atoms with Crippen LogP contribution in [0.3, 0.4) is 0 Å². The van der Waals surface area contributed by atoms with Crippen LogP contribution in [0, 0.1) is 41.5 Å². The molecule has 112 heavy (non-hydrogen) atoms. The Bertz CT molecular complexity index is 4030. The lowest BCUT2D eigenvalue weighted by atomic mass is 10.0. The summed E-state index contributed by atoms with van der Waals surface area (Å²) in [5.74, 6) is 0.467. The fourth-order valence-electron chi connectivity index (χ4n) is 18.9. The molecule has 24 heteroatoms. The van der Waals surface area contributed by atoms with Crippen molar-refractivity contribution in [1.29, 1.82) is 0 Å². The zero-order chi connectivity index (χ0) is 78.2. The molecular formula is C88H118N18O6. The minimum absolute atomic E-state index is 0.0684. The van der Waals surface area contributed by atoms with Crippen molar-refractivity contribution in [3.63, 3.8) is 0 Å². The number of benzene rings is 6. The third kappa shape index (κ3) is 16.7. The summed E-state index contributed by atoms with van der Waals surface area (Å²) < 4.78 is 0. The van der Waals surface area contributed by atoms with Crippen molar-refractivity contribution in [2.75, 3.05) is 121 Å². The highest BCUT2D eigenvalue weighted by Crippen LogP contribution is 2.39. The number of fused-ring (bicyclic) bond motifs is 18. The minimum Gasteiger partial charge on any atom is -0.349 e. The molecule has 0 aromatic heterocycles. The van der Waals surface area contributed by atoms with Gasteiger partial charge in [-0.2, -0.15) is 0 Å². The van der Waals surface area contributed by atoms with E-state index in [2.05, 4.69) is 169 Å². The molecule has 10 atom stereocenters. The van der Waals surface area contributed by atoms with Crippen LogP contribution < -0.4 is 82.6 Å². The van der Waals surface area contributed by atoms with Crippen LogP contribution in [0.5, 0.6) is 0 Å². The van der Waals surface area contributed by atoms with Crippen molar-refractivity contribution in [2.45, 2.75) is 207 Å². The van der Waals surface area contributed by atoms with E-state index in [1.807, 2.05) is 102 Å². The normalized spacial score (nSPS) is 26.8. The van der Waals surface area contributed by atoms with Gasteiger partial charge in [0.05, 0.1) is 67.5 Å². The second-order valence-electron chi connectivity index (χ2n) is 33.4. The lowest BCUT2D eigenvalue weighted by molar-refractivity contribution is 0.0916. The topological polar surface area (TPSA) is 249 Å². The third-order valence-electron chi connectivity index (χ3n) is 25.1. The summed E-state index contributed by atoms with van der Waals surface area (Å²) in [4.78, 5) is 92.8. The number of nitrogens with one attached hydrogen (secondary N) is 10. The molecular weight excluding hydrogens is 1410 g/mol. The smallest absolute Gasteiger partial charge is 0.255 e. The summed E-state index contributed by atoms with van der Waals surface area (Å²) in [5, 5.41) is 32.8. The van der Waals surface area contributed by atoms with Gasteiger partial charge in [0.15, 0.2) is 0 Å². The number of hydrogen-bond acceptors (Lipinski definition) is 18. The van der Waals surface area contributed by atoms with Crippen molar-refractivity contribution in [3.8, 4) is 0 Å². The van der Waals surface area contributed by atoms with E-state index < -0.39 is 0 Å². The number of carbonyl (C=O) groups is 6. The summed E-state index contributed by atoms with van der Waals surface area (Å²) in [6.07, 6.45) is 12.1. The van der Waals surface area contributed by atoms with Crippen LogP contribution in [-0.4, -0.2) is 210 Å². The van der Waals surface area contributed by atoms with Crippen LogP contribution in [0.1, 0.15) is 187 Å². The summed E-state index contributed by atoms with van der Waals surface area (Å²) in [5.41, 5.74) is 18.0. The summed E-state index contributed by atoms with van der Waals surface area (Å²) in [6, 6.07) is 40.1. The molecule has 0 unspecified atom stereocenters. The average Bonchev–Trinajstić information content (AvgIpc) is 1.53. The molecule has 0 bridgehead atoms. The molecule has 6 aromatic carbocycles. The molecule has 12 aliphatic heterocycles. The Morgan fingerprint density at radius 3 is 0.670 bits per heavy atom. The van der Waals surface area contributed by atoms with E-state index in [9.17, 15) is 28.8 Å². The molecule has 2 saturated carbocycles. The number of carbonyl (C=O) groups excluding carboxylic acids is 6. The minimum atomic E-state index is 0.0684. The molecule has 20 rings (SSSR count). The number of anilines is 6. The molecule has 6 aromatic rings. The monoisotopic (exact) mass is 1520 g/mol. The van der Waals surface area contributed by atoms with Crippen molar-refractivity contribution in [3.05, 3.63) is 176 Å². The van der Waals surface area contributed by atoms with Gasteiger partial charge in [-0.25, -0.2) is 0 Å². The second kappa shape index (κ2) is 33.8. The van der Waals surface area contributed by atoms with E-state index in [1.165, 1.54) is 25.7 Å². The van der Waals surface area contributed by atoms with E-state index in [4.69, 9.17) is 0 Å². The zero-order valence-corrected chi connectivity index (χ0v) is 67.3. The first-order valence-electron chi connectivity index (χ1n) is 41.6. The quantitative estimate of drug-likeness (QED) is 0.0781. The number of nitrogens with zero attached hydrogens (tertiary/aromatic N) is 8. The number of hydrogen-bond donors (Lipinski definition) is 10. The van der Waals surface area contributed by atoms with Gasteiger partial charge in [-0.15, -0.1) is 0 Å². The molecule has 8 fully saturated rings. The first-order chi connectivity index (χ1) is 54.1. The van der Waals surface area contributed by atoms with Gasteiger partial charge in [0.25, 0.3) is 35.4 Å². The number of rotatable bonds is 2. The summed E-state index contributed by atoms with van der Waals surface area (Å²) in [7, 11) is 0. The van der Waals surface area contributed by atoms with Crippen LogP contribution in [0.2, 0.25) is 0 Å². The Balaban J connectivity index is 0.000000106. The highest BCUT2D eigenvalue weighted by atomic mass is 16.2. The van der Waals surface area contributed by atoms with E-state index in [0.717, 1.165) is 243 Å². The van der Waals surface area contributed by atoms with Crippen LogP contribution in [0.4, 0.5) is 34.1 Å². The molecule has 596 valence electrons. The molecule has 24 nitrogen and oxygen atoms in total. The van der Waals surface area contributed by atoms with Crippen LogP contribution in [0.25, 0.3) is 0 Å². The average molecular weight is 1520 g/mol. The van der Waals surface area contributed by atoms with Crippen LogP contribution in [0.15, 0.2) is 109 Å². The van der Waals surface area contributed by atoms with Crippen LogP contribution >= 0.6 is 0 Å². The predicted molar refractivity (Wildman–Crippen MR) is 445 cm³/mol. The maximum Gasteiger partial charge on any atom is 0.255 e. The molecule has 0 radical (unpaired) electrons. The van der Waals surface area contributed by atoms with Gasteiger partial charge in [0.2, 0.25) is 0 Å². The van der Waals surface area contributed by atoms with Crippen molar-refractivity contribution < 1.29 is 28.8 Å². The van der Waals surface area contributed by atoms with Crippen LogP contribution in [-0.2, 0) is 0 Å². The fourth-order valence-corrected chi connectivity index (χ4v) is 18.9. The molecule has 0 spiro atoms. The maximum absolute atomic E-state index is 12.3. The molecule has 2 aliphatic carbocycles. The van der Waals surface area contributed by atoms with Gasteiger partial charge in [-0.3, -0.25) is 38.6 Å². The molecule has 12 heterocycles. The van der Waals surface area contributed by atoms with Crippen molar-refractivity contribution >= 4 is 69.6 Å². The molecule has 6 saturated heterocycles. The van der Waals surface area contributed by atoms with E-state index >= 15 is 0 Å². The Kier molecular flexibility index (Phi) is 23.5. The number of amides is 6. The maximum atomic E-state index is 12.3. The molecule has 6 amide bonds. The van der Waals surface area contributed by atoms with Gasteiger partial charge >= 0.3 is 0 Å². The number of aryl methyl sites for hydroxylation is 6. The lowest BCUT2D eigenvalue weighted by Crippen LogP contribution is -2.54. The van der Waals surface area contributed by atoms with Crippen molar-refractivity contribution in [1.82, 2.24) is 63.0 Å². The van der Waals surface area contributed by atoms with Gasteiger partial charge in [-0.1, -0.05) is 72.8 Å². The van der Waals surface area contributed by atoms with E-state index in [-0.39, 0.29) is 72.4 Å². The largest absolute Gasteiger partial charge is 0.349 e. The zero-order valence-electron chi connectivity index (χ0n) is 67.3. The summed E-state index contributed by atoms with van der Waals surface area (Å²) in [6.45, 7) is 34.8. The Hall–Kier alpha value is -9.30. The fraction of sp³-hybridized carbons (Fsp3) is 0.523. The second-order valence-corrected chi connectivity index (χ2v) is 33.4. The molecule has 10 N–H and O–H groups in total. The Morgan fingerprint density at radius 1 is 0.250 bits per heavy atom. The SMILES string of the molecule is Cc1cccc2c1C(=O)N[C@@H]1CCN(C3CC3)CCN21.Cc1cccc2c1C(=O)N[C@@H]1CCN[C@@H](C)CN21.Cc1cccc2c1C(=O)N[C@@H]1CCN[C@H](C)CN21.Cc1cccc2c1C(=O)N[C@H]1CCN(C3CC3)CCN21.Cc1cccc2c1C(=O)N[C@H]1CCN[C@@H](C)CN21.Cc1cccc2c1C(=O)N[C@H]1CCN[C@H](C)CN21. The van der Waals surface area contributed by atoms with Gasteiger partial charge in [0.1, 0.15) is 37.0 Å². The van der Waals surface area contributed by atoms with E-state index in [1.54, 1.807) is 0 Å². The highest BCUT2D eigenvalue weighted by Gasteiger charge is 2.42. The predicted octanol–water partition coefficient (Wildman–Crippen LogP) is 8.49. The Labute approximate surface area is 661 Å². The Morgan fingerprint density at radius 2 is 0.455 bits per heavy atom. The van der Waals surface area contributed by atoms with Gasteiger partial charge in [-0.05, 0) is 229 Å². The third-order valence-corrected chi connectivity index (χ3v) is 25.1. The first kappa shape index (κ1) is 78.0.